The van der Waals surface area contributed by atoms with Crippen LogP contribution in [0.5, 0.6) is 0 Å². The van der Waals surface area contributed by atoms with E-state index in [1.54, 1.807) is 6.92 Å². The van der Waals surface area contributed by atoms with Gasteiger partial charge in [0.25, 0.3) is 5.91 Å². The molecular formula is C14H12F3N3O2S. The molecule has 3 heterocycles. The second kappa shape index (κ2) is 5.19. The smallest absolute Gasteiger partial charge is 0.342 e. The van der Waals surface area contributed by atoms with Gasteiger partial charge >= 0.3 is 6.18 Å². The van der Waals surface area contributed by atoms with Crippen LogP contribution >= 0.6 is 11.3 Å². The highest BCUT2D eigenvalue weighted by molar-refractivity contribution is 7.21. The summed E-state index contributed by atoms with van der Waals surface area (Å²) < 4.78 is 40.8. The monoisotopic (exact) mass is 343 g/mol. The molecule has 0 unspecified atom stereocenters. The average molecular weight is 343 g/mol. The summed E-state index contributed by atoms with van der Waals surface area (Å²) in [4.78, 5) is 28.1. The summed E-state index contributed by atoms with van der Waals surface area (Å²) in [7, 11) is 0. The molecule has 5 nitrogen and oxygen atoms in total. The molecule has 1 aliphatic rings. The number of hydrogen-bond acceptors (Lipinski definition) is 4. The largest absolute Gasteiger partial charge is 0.417 e. The van der Waals surface area contributed by atoms with E-state index in [1.807, 2.05) is 0 Å². The topological polar surface area (TPSA) is 71.1 Å². The van der Waals surface area contributed by atoms with Gasteiger partial charge in [-0.1, -0.05) is 6.92 Å². The third kappa shape index (κ3) is 2.44. The SMILES string of the molecule is CCc1nc2sc3c(c2c(C(F)(F)F)c1C)NC(=O)CNC3=O. The summed E-state index contributed by atoms with van der Waals surface area (Å²) in [6.45, 7) is 2.80. The van der Waals surface area contributed by atoms with Gasteiger partial charge in [-0.25, -0.2) is 4.98 Å². The lowest BCUT2D eigenvalue weighted by molar-refractivity contribution is -0.136. The summed E-state index contributed by atoms with van der Waals surface area (Å²) >= 11 is 0.854. The van der Waals surface area contributed by atoms with E-state index in [0.717, 1.165) is 11.3 Å². The van der Waals surface area contributed by atoms with E-state index in [2.05, 4.69) is 15.6 Å². The first-order valence-electron chi connectivity index (χ1n) is 6.85. The van der Waals surface area contributed by atoms with Crippen LogP contribution in [0.15, 0.2) is 0 Å². The summed E-state index contributed by atoms with van der Waals surface area (Å²) in [5, 5.41) is 4.55. The van der Waals surface area contributed by atoms with Crippen molar-refractivity contribution in [3.8, 4) is 0 Å². The van der Waals surface area contributed by atoms with Crippen molar-refractivity contribution in [2.45, 2.75) is 26.4 Å². The van der Waals surface area contributed by atoms with Crippen LogP contribution in [-0.2, 0) is 17.4 Å². The Morgan fingerprint density at radius 3 is 2.61 bits per heavy atom. The molecule has 0 atom stereocenters. The van der Waals surface area contributed by atoms with Crippen molar-refractivity contribution < 1.29 is 22.8 Å². The highest BCUT2D eigenvalue weighted by atomic mass is 32.1. The Balaban J connectivity index is 2.45. The molecule has 0 saturated carbocycles. The maximum Gasteiger partial charge on any atom is 0.417 e. The Morgan fingerprint density at radius 2 is 2.00 bits per heavy atom. The van der Waals surface area contributed by atoms with Crippen molar-refractivity contribution in [3.63, 3.8) is 0 Å². The molecule has 2 N–H and O–H groups in total. The average Bonchev–Trinajstić information content (AvgIpc) is 2.73. The number of aromatic nitrogens is 1. The van der Waals surface area contributed by atoms with Gasteiger partial charge in [-0.15, -0.1) is 11.3 Å². The number of hydrogen-bond donors (Lipinski definition) is 2. The molecule has 9 heteroatoms. The fourth-order valence-electron chi connectivity index (χ4n) is 2.67. The second-order valence-electron chi connectivity index (χ2n) is 5.13. The zero-order chi connectivity index (χ0) is 16.9. The van der Waals surface area contributed by atoms with E-state index < -0.39 is 23.6 Å². The zero-order valence-corrected chi connectivity index (χ0v) is 13.0. The van der Waals surface area contributed by atoms with E-state index in [4.69, 9.17) is 0 Å². The van der Waals surface area contributed by atoms with Crippen LogP contribution in [-0.4, -0.2) is 23.3 Å². The lowest BCUT2D eigenvalue weighted by Crippen LogP contribution is -2.28. The standard InChI is InChI=1S/C14H12F3N3O2S/c1-3-6-5(2)9(14(15,16)17)8-10-11(23-13(8)19-6)12(22)18-4-7(21)20-10/h3-4H2,1-2H3,(H,18,22)(H,20,21). The highest BCUT2D eigenvalue weighted by Crippen LogP contribution is 2.45. The Labute approximate surface area is 132 Å². The van der Waals surface area contributed by atoms with E-state index in [1.165, 1.54) is 6.92 Å². The van der Waals surface area contributed by atoms with Crippen molar-refractivity contribution in [2.75, 3.05) is 11.9 Å². The highest BCUT2D eigenvalue weighted by Gasteiger charge is 2.39. The van der Waals surface area contributed by atoms with E-state index in [0.29, 0.717) is 12.1 Å². The van der Waals surface area contributed by atoms with Crippen LogP contribution in [0.1, 0.15) is 33.4 Å². The third-order valence-corrected chi connectivity index (χ3v) is 4.76. The minimum atomic E-state index is -4.61. The Bertz CT molecular complexity index is 842. The molecule has 0 bridgehead atoms. The van der Waals surface area contributed by atoms with Crippen LogP contribution in [0.2, 0.25) is 0 Å². The van der Waals surface area contributed by atoms with Gasteiger partial charge in [-0.3, -0.25) is 9.59 Å². The number of thiophene rings is 1. The first-order valence-corrected chi connectivity index (χ1v) is 7.66. The number of carbonyl (C=O) groups excluding carboxylic acids is 2. The fourth-order valence-corrected chi connectivity index (χ4v) is 3.75. The molecular weight excluding hydrogens is 331 g/mol. The van der Waals surface area contributed by atoms with Crippen LogP contribution in [0, 0.1) is 6.92 Å². The maximum atomic E-state index is 13.6. The number of rotatable bonds is 1. The third-order valence-electron chi connectivity index (χ3n) is 3.68. The van der Waals surface area contributed by atoms with Crippen molar-refractivity contribution in [3.05, 3.63) is 21.7 Å². The minimum absolute atomic E-state index is 0.0204. The number of fused-ring (bicyclic) bond motifs is 3. The van der Waals surface area contributed by atoms with Crippen molar-refractivity contribution >= 4 is 39.1 Å². The number of nitrogens with one attached hydrogen (secondary N) is 2. The van der Waals surface area contributed by atoms with Gasteiger partial charge in [0.05, 0.1) is 17.8 Å². The molecule has 2 amide bonds. The molecule has 2 aromatic heterocycles. The van der Waals surface area contributed by atoms with Gasteiger partial charge in [-0.05, 0) is 18.9 Å². The van der Waals surface area contributed by atoms with Gasteiger partial charge in [-0.2, -0.15) is 13.2 Å². The van der Waals surface area contributed by atoms with E-state index in [9.17, 15) is 22.8 Å². The van der Waals surface area contributed by atoms with E-state index >= 15 is 0 Å². The number of carbonyl (C=O) groups is 2. The number of pyridine rings is 1. The van der Waals surface area contributed by atoms with Gasteiger partial charge < -0.3 is 10.6 Å². The van der Waals surface area contributed by atoms with Crippen molar-refractivity contribution in [1.29, 1.82) is 0 Å². The molecule has 0 radical (unpaired) electrons. The first-order chi connectivity index (χ1) is 10.7. The maximum absolute atomic E-state index is 13.6. The second-order valence-corrected chi connectivity index (χ2v) is 6.13. The molecule has 0 aromatic carbocycles. The number of alkyl halides is 3. The minimum Gasteiger partial charge on any atom is -0.342 e. The normalized spacial score (nSPS) is 15.2. The first kappa shape index (κ1) is 15.7. The van der Waals surface area contributed by atoms with Crippen LogP contribution < -0.4 is 10.6 Å². The molecule has 0 saturated heterocycles. The lowest BCUT2D eigenvalue weighted by Gasteiger charge is -2.15. The molecule has 122 valence electrons. The summed E-state index contributed by atoms with van der Waals surface area (Å²) in [5.74, 6) is -1.15. The van der Waals surface area contributed by atoms with Gasteiger partial charge in [0.1, 0.15) is 9.71 Å². The predicted octanol–water partition coefficient (Wildman–Crippen LogP) is 2.87. The Hall–Kier alpha value is -2.16. The summed E-state index contributed by atoms with van der Waals surface area (Å²) in [6, 6.07) is 0. The molecule has 2 aromatic rings. The number of aryl methyl sites for hydroxylation is 1. The lowest BCUT2D eigenvalue weighted by atomic mass is 10.0. The van der Waals surface area contributed by atoms with Gasteiger partial charge in [0.15, 0.2) is 0 Å². The molecule has 23 heavy (non-hydrogen) atoms. The van der Waals surface area contributed by atoms with Crippen LogP contribution in [0.3, 0.4) is 0 Å². The predicted molar refractivity (Wildman–Crippen MR) is 79.7 cm³/mol. The quantitative estimate of drug-likeness (QED) is 0.836. The molecule has 1 aliphatic heterocycles. The Morgan fingerprint density at radius 1 is 1.30 bits per heavy atom. The van der Waals surface area contributed by atoms with Crippen LogP contribution in [0.25, 0.3) is 10.2 Å². The molecule has 0 aliphatic carbocycles. The Kier molecular flexibility index (Phi) is 3.55. The van der Waals surface area contributed by atoms with Crippen LogP contribution in [0.4, 0.5) is 18.9 Å². The van der Waals surface area contributed by atoms with Gasteiger partial charge in [0.2, 0.25) is 5.91 Å². The molecule has 0 spiro atoms. The fraction of sp³-hybridized carbons (Fsp3) is 0.357. The summed E-state index contributed by atoms with van der Waals surface area (Å²) in [5.41, 5.74) is -0.595. The summed E-state index contributed by atoms with van der Waals surface area (Å²) in [6.07, 6.45) is -4.27. The van der Waals surface area contributed by atoms with Crippen molar-refractivity contribution in [2.24, 2.45) is 0 Å². The van der Waals surface area contributed by atoms with Gasteiger partial charge in [0, 0.05) is 11.1 Å². The van der Waals surface area contributed by atoms with E-state index in [-0.39, 0.29) is 32.9 Å². The molecule has 0 fully saturated rings. The van der Waals surface area contributed by atoms with Crippen molar-refractivity contribution in [1.82, 2.24) is 10.3 Å². The number of halogens is 3. The number of anilines is 1. The zero-order valence-electron chi connectivity index (χ0n) is 12.2. The number of amides is 2. The molecule has 3 rings (SSSR count). The number of nitrogens with zero attached hydrogens (tertiary/aromatic N) is 1.